The minimum Gasteiger partial charge on any atom is -0.312 e. The minimum absolute atomic E-state index is 0.372. The summed E-state index contributed by atoms with van der Waals surface area (Å²) >= 11 is 1.89. The van der Waals surface area contributed by atoms with Gasteiger partial charge in [-0.15, -0.1) is 11.3 Å². The first-order valence-corrected chi connectivity index (χ1v) is 7.06. The highest BCUT2D eigenvalue weighted by molar-refractivity contribution is 7.12. The average molecular weight is 263 g/mol. The third-order valence-electron chi connectivity index (χ3n) is 3.39. The molecular formula is C14H21N3S. The maximum Gasteiger partial charge on any atom is 0.0596 e. The molecule has 0 aliphatic rings. The highest BCUT2D eigenvalue weighted by atomic mass is 32.1. The zero-order chi connectivity index (χ0) is 13.3. The lowest BCUT2D eigenvalue weighted by Gasteiger charge is -2.14. The van der Waals surface area contributed by atoms with Gasteiger partial charge in [-0.25, -0.2) is 0 Å². The predicted octanol–water partition coefficient (Wildman–Crippen LogP) is 2.91. The fourth-order valence-electron chi connectivity index (χ4n) is 2.18. The first-order chi connectivity index (χ1) is 8.51. The van der Waals surface area contributed by atoms with Crippen LogP contribution in [0.4, 0.5) is 0 Å². The second-order valence-corrected chi connectivity index (χ2v) is 6.12. The van der Waals surface area contributed by atoms with Gasteiger partial charge in [0.05, 0.1) is 5.69 Å². The van der Waals surface area contributed by atoms with E-state index in [4.69, 9.17) is 0 Å². The number of aryl methyl sites for hydroxylation is 4. The van der Waals surface area contributed by atoms with Crippen LogP contribution >= 0.6 is 11.3 Å². The molecule has 2 aromatic heterocycles. The van der Waals surface area contributed by atoms with Crippen molar-refractivity contribution in [1.82, 2.24) is 15.1 Å². The summed E-state index contributed by atoms with van der Waals surface area (Å²) in [5.74, 6) is 0. The van der Waals surface area contributed by atoms with Crippen LogP contribution in [0.3, 0.4) is 0 Å². The molecule has 1 N–H and O–H groups in total. The average Bonchev–Trinajstić information content (AvgIpc) is 2.79. The van der Waals surface area contributed by atoms with Crippen molar-refractivity contribution in [3.63, 3.8) is 0 Å². The molecule has 3 nitrogen and oxygen atoms in total. The lowest BCUT2D eigenvalue weighted by molar-refractivity contribution is 0.569. The summed E-state index contributed by atoms with van der Waals surface area (Å²) < 4.78 is 1.98. The van der Waals surface area contributed by atoms with E-state index in [-0.39, 0.29) is 0 Å². The van der Waals surface area contributed by atoms with Gasteiger partial charge in [0.2, 0.25) is 0 Å². The Hall–Kier alpha value is -1.13. The molecule has 0 bridgehead atoms. The van der Waals surface area contributed by atoms with Gasteiger partial charge >= 0.3 is 0 Å². The molecule has 1 unspecified atom stereocenters. The molecule has 2 heterocycles. The first-order valence-electron chi connectivity index (χ1n) is 6.25. The Morgan fingerprint density at radius 3 is 2.50 bits per heavy atom. The fourth-order valence-corrected chi connectivity index (χ4v) is 3.34. The van der Waals surface area contributed by atoms with Crippen molar-refractivity contribution in [1.29, 1.82) is 0 Å². The highest BCUT2D eigenvalue weighted by Gasteiger charge is 2.15. The van der Waals surface area contributed by atoms with Crippen LogP contribution < -0.4 is 5.32 Å². The van der Waals surface area contributed by atoms with E-state index >= 15 is 0 Å². The second-order valence-electron chi connectivity index (χ2n) is 4.83. The predicted molar refractivity (Wildman–Crippen MR) is 77.2 cm³/mol. The topological polar surface area (TPSA) is 29.9 Å². The van der Waals surface area contributed by atoms with Crippen LogP contribution in [0.5, 0.6) is 0 Å². The molecule has 98 valence electrons. The monoisotopic (exact) mass is 263 g/mol. The highest BCUT2D eigenvalue weighted by Crippen LogP contribution is 2.28. The van der Waals surface area contributed by atoms with E-state index in [0.717, 1.165) is 12.1 Å². The molecule has 2 rings (SSSR count). The van der Waals surface area contributed by atoms with Crippen LogP contribution in [-0.4, -0.2) is 16.8 Å². The van der Waals surface area contributed by atoms with Crippen LogP contribution in [0.15, 0.2) is 12.1 Å². The Balaban J connectivity index is 2.22. The van der Waals surface area contributed by atoms with Crippen molar-refractivity contribution in [3.05, 3.63) is 38.8 Å². The Kier molecular flexibility index (Phi) is 3.88. The SMILES string of the molecule is CNC(Cc1cc(C)nn1C)c1cc(C)c(C)s1. The fraction of sp³-hybridized carbons (Fsp3) is 0.500. The van der Waals surface area contributed by atoms with Crippen LogP contribution in [0.25, 0.3) is 0 Å². The van der Waals surface area contributed by atoms with Crippen molar-refractivity contribution >= 4 is 11.3 Å². The number of nitrogens with zero attached hydrogens (tertiary/aromatic N) is 2. The number of hydrogen-bond donors (Lipinski definition) is 1. The molecular weight excluding hydrogens is 242 g/mol. The Morgan fingerprint density at radius 2 is 2.06 bits per heavy atom. The summed E-state index contributed by atoms with van der Waals surface area (Å²) in [4.78, 5) is 2.82. The van der Waals surface area contributed by atoms with Gasteiger partial charge in [-0.05, 0) is 45.5 Å². The van der Waals surface area contributed by atoms with Crippen molar-refractivity contribution < 1.29 is 0 Å². The molecule has 0 aliphatic heterocycles. The third kappa shape index (κ3) is 2.65. The van der Waals surface area contributed by atoms with Crippen LogP contribution in [0, 0.1) is 20.8 Å². The largest absolute Gasteiger partial charge is 0.312 e. The number of thiophene rings is 1. The molecule has 0 spiro atoms. The zero-order valence-electron chi connectivity index (χ0n) is 11.7. The third-order valence-corrected chi connectivity index (χ3v) is 4.66. The maximum absolute atomic E-state index is 4.41. The summed E-state index contributed by atoms with van der Waals surface area (Å²) in [6.45, 7) is 6.40. The van der Waals surface area contributed by atoms with E-state index in [1.165, 1.54) is 21.0 Å². The van der Waals surface area contributed by atoms with Crippen LogP contribution in [-0.2, 0) is 13.5 Å². The van der Waals surface area contributed by atoms with Gasteiger partial charge in [0.15, 0.2) is 0 Å². The lowest BCUT2D eigenvalue weighted by Crippen LogP contribution is -2.19. The van der Waals surface area contributed by atoms with E-state index in [9.17, 15) is 0 Å². The molecule has 0 saturated heterocycles. The van der Waals surface area contributed by atoms with Gasteiger partial charge in [0.1, 0.15) is 0 Å². The van der Waals surface area contributed by atoms with E-state index < -0.39 is 0 Å². The lowest BCUT2D eigenvalue weighted by atomic mass is 10.1. The molecule has 4 heteroatoms. The van der Waals surface area contributed by atoms with Crippen molar-refractivity contribution in [2.24, 2.45) is 7.05 Å². The van der Waals surface area contributed by atoms with Crippen LogP contribution in [0.2, 0.25) is 0 Å². The minimum atomic E-state index is 0.372. The molecule has 2 aromatic rings. The Labute approximate surface area is 113 Å². The van der Waals surface area contributed by atoms with Gasteiger partial charge in [-0.3, -0.25) is 4.68 Å². The summed E-state index contributed by atoms with van der Waals surface area (Å²) in [5.41, 5.74) is 3.74. The normalized spacial score (nSPS) is 12.9. The number of aromatic nitrogens is 2. The van der Waals surface area contributed by atoms with E-state index in [1.807, 2.05) is 37.0 Å². The molecule has 18 heavy (non-hydrogen) atoms. The van der Waals surface area contributed by atoms with Gasteiger partial charge in [-0.1, -0.05) is 0 Å². The maximum atomic E-state index is 4.41. The number of nitrogens with one attached hydrogen (secondary N) is 1. The van der Waals surface area contributed by atoms with Crippen molar-refractivity contribution in [3.8, 4) is 0 Å². The summed E-state index contributed by atoms with van der Waals surface area (Å²) in [5, 5.41) is 7.82. The van der Waals surface area contributed by atoms with Gasteiger partial charge in [0.25, 0.3) is 0 Å². The summed E-state index contributed by atoms with van der Waals surface area (Å²) in [6.07, 6.45) is 0.979. The smallest absolute Gasteiger partial charge is 0.0596 e. The molecule has 0 fully saturated rings. The van der Waals surface area contributed by atoms with Gasteiger partial charge < -0.3 is 5.32 Å². The van der Waals surface area contributed by atoms with E-state index in [0.29, 0.717) is 6.04 Å². The molecule has 0 aromatic carbocycles. The zero-order valence-corrected chi connectivity index (χ0v) is 12.6. The molecule has 0 radical (unpaired) electrons. The first kappa shape index (κ1) is 13.3. The van der Waals surface area contributed by atoms with Gasteiger partial charge in [-0.2, -0.15) is 5.10 Å². The van der Waals surface area contributed by atoms with E-state index in [1.54, 1.807) is 0 Å². The molecule has 0 aliphatic carbocycles. The van der Waals surface area contributed by atoms with Crippen LogP contribution in [0.1, 0.15) is 32.7 Å². The standard InChI is InChI=1S/C14H21N3S/c1-9-6-14(18-11(9)3)13(15-4)8-12-7-10(2)16-17(12)5/h6-7,13,15H,8H2,1-5H3. The summed E-state index contributed by atoms with van der Waals surface area (Å²) in [7, 11) is 4.04. The molecule has 1 atom stereocenters. The van der Waals surface area contributed by atoms with Crippen molar-refractivity contribution in [2.75, 3.05) is 7.05 Å². The summed E-state index contributed by atoms with van der Waals surface area (Å²) in [6, 6.07) is 4.83. The Morgan fingerprint density at radius 1 is 1.33 bits per heavy atom. The quantitative estimate of drug-likeness (QED) is 0.919. The van der Waals surface area contributed by atoms with Crippen molar-refractivity contribution in [2.45, 2.75) is 33.2 Å². The molecule has 0 saturated carbocycles. The number of rotatable bonds is 4. The molecule has 0 amide bonds. The second kappa shape index (κ2) is 5.24. The van der Waals surface area contributed by atoms with E-state index in [2.05, 4.69) is 36.4 Å². The number of hydrogen-bond acceptors (Lipinski definition) is 3. The number of likely N-dealkylation sites (N-methyl/N-ethyl adjacent to an activating group) is 1. The van der Waals surface area contributed by atoms with Gasteiger partial charge in [0, 0.05) is 35.0 Å². The Bertz CT molecular complexity index is 520.